The van der Waals surface area contributed by atoms with Gasteiger partial charge in [0.15, 0.2) is 0 Å². The van der Waals surface area contributed by atoms with Gasteiger partial charge in [0.05, 0.1) is 5.25 Å². The third-order valence-corrected chi connectivity index (χ3v) is 7.12. The summed E-state index contributed by atoms with van der Waals surface area (Å²) in [7, 11) is -0.622. The molecule has 0 aromatic heterocycles. The Balaban J connectivity index is 2.04. The number of hydrogen-bond acceptors (Lipinski definition) is 2. The molecule has 0 saturated heterocycles. The highest BCUT2D eigenvalue weighted by Gasteiger charge is 2.45. The summed E-state index contributed by atoms with van der Waals surface area (Å²) >= 11 is 0. The molecule has 0 aromatic rings. The molecule has 0 radical (unpaired) electrons. The maximum atomic E-state index is 12.8. The maximum absolute atomic E-state index is 12.8. The smallest absolute Gasteiger partial charge is 0.0509 e. The Morgan fingerprint density at radius 2 is 1.83 bits per heavy atom. The fourth-order valence-electron chi connectivity index (χ4n) is 3.76. The molecule has 0 aliphatic heterocycles. The quantitative estimate of drug-likeness (QED) is 0.850. The lowest BCUT2D eigenvalue weighted by atomic mass is 9.87. The Morgan fingerprint density at radius 3 is 2.44 bits per heavy atom. The molecule has 106 valence electrons. The third-order valence-electron chi connectivity index (χ3n) is 4.89. The molecule has 3 unspecified atom stereocenters. The molecule has 2 saturated carbocycles. The van der Waals surface area contributed by atoms with Gasteiger partial charge < -0.3 is 5.32 Å². The summed E-state index contributed by atoms with van der Waals surface area (Å²) < 4.78 is 12.8. The van der Waals surface area contributed by atoms with Gasteiger partial charge in [-0.1, -0.05) is 40.0 Å². The monoisotopic (exact) mass is 271 g/mol. The predicted molar refractivity (Wildman–Crippen MR) is 79.3 cm³/mol. The van der Waals surface area contributed by atoms with Crippen LogP contribution in [0.25, 0.3) is 0 Å². The zero-order valence-corrected chi connectivity index (χ0v) is 13.0. The second-order valence-electron chi connectivity index (χ2n) is 6.69. The standard InChI is InChI=1S/C15H29NOS/c1-4-16-14-13(10-11-15(14,2)3)18(17)12-8-6-5-7-9-12/h12-14,16H,4-11H2,1-3H3. The summed E-state index contributed by atoms with van der Waals surface area (Å²) in [6.07, 6.45) is 8.68. The van der Waals surface area contributed by atoms with Gasteiger partial charge in [0.25, 0.3) is 0 Å². The first-order valence-corrected chi connectivity index (χ1v) is 8.96. The summed E-state index contributed by atoms with van der Waals surface area (Å²) in [4.78, 5) is 0. The first kappa shape index (κ1) is 14.5. The first-order valence-electron chi connectivity index (χ1n) is 7.69. The molecule has 2 nitrogen and oxygen atoms in total. The molecule has 3 heteroatoms. The minimum atomic E-state index is -0.622. The second-order valence-corrected chi connectivity index (χ2v) is 8.62. The lowest BCUT2D eigenvalue weighted by Crippen LogP contribution is -2.47. The van der Waals surface area contributed by atoms with Crippen molar-refractivity contribution < 1.29 is 4.21 Å². The van der Waals surface area contributed by atoms with Crippen LogP contribution in [0.4, 0.5) is 0 Å². The third kappa shape index (κ3) is 2.98. The van der Waals surface area contributed by atoms with Crippen LogP contribution in [0.5, 0.6) is 0 Å². The number of hydrogen-bond donors (Lipinski definition) is 1. The lowest BCUT2D eigenvalue weighted by molar-refractivity contribution is 0.289. The lowest BCUT2D eigenvalue weighted by Gasteiger charge is -2.33. The van der Waals surface area contributed by atoms with Gasteiger partial charge >= 0.3 is 0 Å². The van der Waals surface area contributed by atoms with Crippen LogP contribution in [-0.2, 0) is 10.8 Å². The van der Waals surface area contributed by atoms with Gasteiger partial charge in [-0.2, -0.15) is 0 Å². The largest absolute Gasteiger partial charge is 0.313 e. The molecule has 3 atom stereocenters. The topological polar surface area (TPSA) is 29.1 Å². The Bertz CT molecular complexity index is 297. The Morgan fingerprint density at radius 1 is 1.17 bits per heavy atom. The van der Waals surface area contributed by atoms with Crippen LogP contribution in [0.3, 0.4) is 0 Å². The van der Waals surface area contributed by atoms with Crippen molar-refractivity contribution in [1.29, 1.82) is 0 Å². The van der Waals surface area contributed by atoms with E-state index in [0.29, 0.717) is 22.0 Å². The zero-order chi connectivity index (χ0) is 13.2. The van der Waals surface area contributed by atoms with Crippen LogP contribution in [0, 0.1) is 5.41 Å². The number of rotatable bonds is 4. The summed E-state index contributed by atoms with van der Waals surface area (Å²) in [6.45, 7) is 7.82. The van der Waals surface area contributed by atoms with E-state index in [2.05, 4.69) is 26.1 Å². The van der Waals surface area contributed by atoms with Crippen molar-refractivity contribution in [2.75, 3.05) is 6.54 Å². The highest BCUT2D eigenvalue weighted by Crippen LogP contribution is 2.41. The summed E-state index contributed by atoms with van der Waals surface area (Å²) in [5.74, 6) is 0. The highest BCUT2D eigenvalue weighted by atomic mass is 32.2. The normalized spacial score (nSPS) is 34.6. The minimum absolute atomic E-state index is 0.311. The van der Waals surface area contributed by atoms with Gasteiger partial charge in [0.2, 0.25) is 0 Å². The van der Waals surface area contributed by atoms with Crippen molar-refractivity contribution in [3.8, 4) is 0 Å². The summed E-state index contributed by atoms with van der Waals surface area (Å²) in [5, 5.41) is 4.49. The van der Waals surface area contributed by atoms with E-state index in [1.807, 2.05) is 0 Å². The van der Waals surface area contributed by atoms with Gasteiger partial charge in [0.1, 0.15) is 0 Å². The van der Waals surface area contributed by atoms with Gasteiger partial charge in [-0.05, 0) is 37.6 Å². The van der Waals surface area contributed by atoms with E-state index in [1.54, 1.807) is 0 Å². The highest BCUT2D eigenvalue weighted by molar-refractivity contribution is 7.86. The van der Waals surface area contributed by atoms with Crippen molar-refractivity contribution in [2.45, 2.75) is 82.3 Å². The molecule has 0 amide bonds. The molecular formula is C15H29NOS. The fourth-order valence-corrected chi connectivity index (χ4v) is 6.14. The minimum Gasteiger partial charge on any atom is -0.313 e. The average molecular weight is 271 g/mol. The molecule has 2 aliphatic rings. The van der Waals surface area contributed by atoms with Crippen LogP contribution in [0.1, 0.15) is 65.7 Å². The van der Waals surface area contributed by atoms with Crippen molar-refractivity contribution in [3.05, 3.63) is 0 Å². The van der Waals surface area contributed by atoms with Crippen LogP contribution < -0.4 is 5.32 Å². The van der Waals surface area contributed by atoms with Crippen LogP contribution in [-0.4, -0.2) is 27.3 Å². The van der Waals surface area contributed by atoms with Crippen molar-refractivity contribution >= 4 is 10.8 Å². The fraction of sp³-hybridized carbons (Fsp3) is 1.00. The Hall–Kier alpha value is 0.110. The predicted octanol–water partition coefficient (Wildman–Crippen LogP) is 3.23. The van der Waals surface area contributed by atoms with E-state index < -0.39 is 10.8 Å². The van der Waals surface area contributed by atoms with Crippen LogP contribution in [0.2, 0.25) is 0 Å². The Kier molecular flexibility index (Phi) is 4.87. The molecule has 2 rings (SSSR count). The van der Waals surface area contributed by atoms with Crippen LogP contribution >= 0.6 is 0 Å². The molecule has 18 heavy (non-hydrogen) atoms. The van der Waals surface area contributed by atoms with E-state index in [9.17, 15) is 4.21 Å². The van der Waals surface area contributed by atoms with E-state index in [4.69, 9.17) is 0 Å². The average Bonchev–Trinajstić information content (AvgIpc) is 2.66. The molecule has 1 N–H and O–H groups in total. The van der Waals surface area contributed by atoms with Gasteiger partial charge in [0, 0.05) is 22.1 Å². The van der Waals surface area contributed by atoms with Crippen LogP contribution in [0.15, 0.2) is 0 Å². The molecule has 2 aliphatic carbocycles. The van der Waals surface area contributed by atoms with Gasteiger partial charge in [-0.25, -0.2) is 0 Å². The van der Waals surface area contributed by atoms with E-state index >= 15 is 0 Å². The van der Waals surface area contributed by atoms with E-state index in [0.717, 1.165) is 13.0 Å². The van der Waals surface area contributed by atoms with Crippen molar-refractivity contribution in [1.82, 2.24) is 5.32 Å². The second kappa shape index (κ2) is 6.04. The summed E-state index contributed by atoms with van der Waals surface area (Å²) in [6, 6.07) is 0.449. The van der Waals surface area contributed by atoms with Crippen molar-refractivity contribution in [3.63, 3.8) is 0 Å². The first-order chi connectivity index (χ1) is 8.56. The molecular weight excluding hydrogens is 242 g/mol. The van der Waals surface area contributed by atoms with Crippen molar-refractivity contribution in [2.24, 2.45) is 5.41 Å². The van der Waals surface area contributed by atoms with Gasteiger partial charge in [-0.15, -0.1) is 0 Å². The zero-order valence-electron chi connectivity index (χ0n) is 12.2. The van der Waals surface area contributed by atoms with E-state index in [-0.39, 0.29) is 0 Å². The SMILES string of the molecule is CCNC1C(S(=O)C2CCCCC2)CCC1(C)C. The Labute approximate surface area is 115 Å². The number of nitrogens with one attached hydrogen (secondary N) is 1. The molecule has 0 heterocycles. The molecule has 0 spiro atoms. The molecule has 0 aromatic carbocycles. The van der Waals surface area contributed by atoms with E-state index in [1.165, 1.54) is 38.5 Å². The molecule has 2 fully saturated rings. The maximum Gasteiger partial charge on any atom is 0.0509 e. The molecule has 0 bridgehead atoms. The van der Waals surface area contributed by atoms with Gasteiger partial charge in [-0.3, -0.25) is 4.21 Å². The summed E-state index contributed by atoms with van der Waals surface area (Å²) in [5.41, 5.74) is 0.311.